The molecule has 0 aliphatic rings. The maximum absolute atomic E-state index is 12.8. The fourth-order valence-corrected chi connectivity index (χ4v) is 2.98. The summed E-state index contributed by atoms with van der Waals surface area (Å²) < 4.78 is 0. The molecule has 0 saturated heterocycles. The Bertz CT molecular complexity index is 544. The zero-order valence-corrected chi connectivity index (χ0v) is 15.5. The van der Waals surface area contributed by atoms with Gasteiger partial charge in [0.15, 0.2) is 0 Å². The van der Waals surface area contributed by atoms with Crippen LogP contribution in [0.15, 0.2) is 0 Å². The number of rotatable bonds is 5. The Morgan fingerprint density at radius 3 is 2.23 bits per heavy atom. The fraction of sp³-hybridized carbons (Fsp3) is 0.688. The van der Waals surface area contributed by atoms with E-state index in [9.17, 15) is 9.59 Å². The number of aryl methyl sites for hydroxylation is 1. The summed E-state index contributed by atoms with van der Waals surface area (Å²) in [7, 11) is 3.40. The van der Waals surface area contributed by atoms with Crippen LogP contribution in [0.25, 0.3) is 0 Å². The van der Waals surface area contributed by atoms with Gasteiger partial charge in [-0.2, -0.15) is 0 Å². The molecule has 0 spiro atoms. The molecule has 22 heavy (non-hydrogen) atoms. The molecular formula is C16H27N3O2S. The molecular weight excluding hydrogens is 298 g/mol. The molecule has 0 bridgehead atoms. The van der Waals surface area contributed by atoms with Gasteiger partial charge in [-0.1, -0.05) is 27.7 Å². The second-order valence-electron chi connectivity index (χ2n) is 6.70. The molecule has 0 saturated carbocycles. The number of thiazole rings is 1. The molecule has 124 valence electrons. The van der Waals surface area contributed by atoms with Crippen LogP contribution >= 0.6 is 11.3 Å². The molecule has 0 fully saturated rings. The van der Waals surface area contributed by atoms with Crippen molar-refractivity contribution in [2.75, 3.05) is 27.2 Å². The number of hydrogen-bond acceptors (Lipinski definition) is 4. The molecule has 1 heterocycles. The highest BCUT2D eigenvalue weighted by molar-refractivity contribution is 7.14. The predicted octanol–water partition coefficient (Wildman–Crippen LogP) is 2.69. The van der Waals surface area contributed by atoms with Crippen LogP contribution in [-0.4, -0.2) is 53.8 Å². The van der Waals surface area contributed by atoms with Gasteiger partial charge in [0.2, 0.25) is 5.91 Å². The van der Waals surface area contributed by atoms with Gasteiger partial charge in [-0.15, -0.1) is 11.3 Å². The smallest absolute Gasteiger partial charge is 0.266 e. The lowest BCUT2D eigenvalue weighted by Gasteiger charge is -2.23. The Labute approximate surface area is 137 Å². The van der Waals surface area contributed by atoms with E-state index < -0.39 is 0 Å². The van der Waals surface area contributed by atoms with Gasteiger partial charge in [0, 0.05) is 26.1 Å². The third kappa shape index (κ3) is 4.53. The van der Waals surface area contributed by atoms with Crippen molar-refractivity contribution in [3.05, 3.63) is 15.6 Å². The van der Waals surface area contributed by atoms with E-state index in [0.29, 0.717) is 11.4 Å². The molecule has 6 heteroatoms. The van der Waals surface area contributed by atoms with Crippen LogP contribution in [0, 0.1) is 6.92 Å². The standard InChI is InChI=1S/C16H27N3O2S/c1-8-9-19(10-12(20)18(6)7)14(21)13-11(2)17-15(22-13)16(3,4)5/h8-10H2,1-7H3. The average molecular weight is 325 g/mol. The molecule has 0 unspecified atom stereocenters. The average Bonchev–Trinajstić information content (AvgIpc) is 2.79. The Hall–Kier alpha value is -1.43. The number of hydrogen-bond donors (Lipinski definition) is 0. The summed E-state index contributed by atoms with van der Waals surface area (Å²) in [5.41, 5.74) is 0.668. The zero-order chi connectivity index (χ0) is 17.1. The van der Waals surface area contributed by atoms with Crippen molar-refractivity contribution >= 4 is 23.2 Å². The first-order valence-electron chi connectivity index (χ1n) is 7.55. The van der Waals surface area contributed by atoms with Gasteiger partial charge < -0.3 is 9.80 Å². The first kappa shape index (κ1) is 18.6. The minimum atomic E-state index is -0.0949. The van der Waals surface area contributed by atoms with Gasteiger partial charge in [0.25, 0.3) is 5.91 Å². The molecule has 0 N–H and O–H groups in total. The van der Waals surface area contributed by atoms with Crippen LogP contribution in [0.2, 0.25) is 0 Å². The summed E-state index contributed by atoms with van der Waals surface area (Å²) in [6.45, 7) is 10.8. The number of aromatic nitrogens is 1. The second-order valence-corrected chi connectivity index (χ2v) is 7.70. The van der Waals surface area contributed by atoms with E-state index >= 15 is 0 Å². The quantitative estimate of drug-likeness (QED) is 0.836. The maximum atomic E-state index is 12.8. The highest BCUT2D eigenvalue weighted by atomic mass is 32.1. The highest BCUT2D eigenvalue weighted by Gasteiger charge is 2.26. The fourth-order valence-electron chi connectivity index (χ4n) is 1.89. The maximum Gasteiger partial charge on any atom is 0.266 e. The van der Waals surface area contributed by atoms with E-state index in [4.69, 9.17) is 0 Å². The number of amides is 2. The molecule has 1 aromatic rings. The minimum absolute atomic E-state index is 0.0694. The van der Waals surface area contributed by atoms with Crippen molar-refractivity contribution in [2.24, 2.45) is 0 Å². The topological polar surface area (TPSA) is 53.5 Å². The summed E-state index contributed by atoms with van der Waals surface area (Å²) in [6.07, 6.45) is 0.816. The molecule has 0 radical (unpaired) electrons. The first-order chi connectivity index (χ1) is 10.1. The van der Waals surface area contributed by atoms with Gasteiger partial charge in [-0.3, -0.25) is 9.59 Å². The van der Waals surface area contributed by atoms with Crippen molar-refractivity contribution in [1.29, 1.82) is 0 Å². The molecule has 0 aliphatic heterocycles. The van der Waals surface area contributed by atoms with E-state index in [0.717, 1.165) is 17.1 Å². The van der Waals surface area contributed by atoms with Crippen molar-refractivity contribution in [2.45, 2.75) is 46.5 Å². The number of carbonyl (C=O) groups is 2. The monoisotopic (exact) mass is 325 g/mol. The van der Waals surface area contributed by atoms with E-state index in [1.54, 1.807) is 19.0 Å². The SMILES string of the molecule is CCCN(CC(=O)N(C)C)C(=O)c1sc(C(C)(C)C)nc1C. The Kier molecular flexibility index (Phi) is 6.11. The largest absolute Gasteiger partial charge is 0.347 e. The van der Waals surface area contributed by atoms with E-state index in [1.807, 2.05) is 13.8 Å². The summed E-state index contributed by atoms with van der Waals surface area (Å²) in [4.78, 5) is 33.0. The van der Waals surface area contributed by atoms with Crippen LogP contribution in [-0.2, 0) is 10.2 Å². The van der Waals surface area contributed by atoms with E-state index in [2.05, 4.69) is 25.8 Å². The minimum Gasteiger partial charge on any atom is -0.347 e. The van der Waals surface area contributed by atoms with Gasteiger partial charge >= 0.3 is 0 Å². The lowest BCUT2D eigenvalue weighted by atomic mass is 9.98. The van der Waals surface area contributed by atoms with Crippen molar-refractivity contribution < 1.29 is 9.59 Å². The van der Waals surface area contributed by atoms with Gasteiger partial charge in [-0.05, 0) is 13.3 Å². The number of likely N-dealkylation sites (N-methyl/N-ethyl adjacent to an activating group) is 1. The van der Waals surface area contributed by atoms with Crippen LogP contribution in [0.1, 0.15) is 54.5 Å². The number of nitrogens with zero attached hydrogens (tertiary/aromatic N) is 3. The van der Waals surface area contributed by atoms with Gasteiger partial charge in [0.1, 0.15) is 11.4 Å². The first-order valence-corrected chi connectivity index (χ1v) is 8.36. The molecule has 0 aromatic carbocycles. The predicted molar refractivity (Wildman–Crippen MR) is 90.4 cm³/mol. The Balaban J connectivity index is 3.04. The zero-order valence-electron chi connectivity index (χ0n) is 14.7. The second kappa shape index (κ2) is 7.22. The molecule has 1 aromatic heterocycles. The lowest BCUT2D eigenvalue weighted by Crippen LogP contribution is -2.40. The van der Waals surface area contributed by atoms with Crippen LogP contribution in [0.3, 0.4) is 0 Å². The van der Waals surface area contributed by atoms with Crippen molar-refractivity contribution in [3.63, 3.8) is 0 Å². The van der Waals surface area contributed by atoms with E-state index in [1.165, 1.54) is 16.2 Å². The van der Waals surface area contributed by atoms with Gasteiger partial charge in [0.05, 0.1) is 10.7 Å². The summed E-state index contributed by atoms with van der Waals surface area (Å²) in [6, 6.07) is 0. The van der Waals surface area contributed by atoms with Crippen molar-refractivity contribution in [3.8, 4) is 0 Å². The summed E-state index contributed by atoms with van der Waals surface area (Å²) in [5.74, 6) is -0.164. The van der Waals surface area contributed by atoms with E-state index in [-0.39, 0.29) is 23.8 Å². The van der Waals surface area contributed by atoms with Gasteiger partial charge in [-0.25, -0.2) is 4.98 Å². The van der Waals surface area contributed by atoms with Crippen LogP contribution in [0.4, 0.5) is 0 Å². The Morgan fingerprint density at radius 2 is 1.82 bits per heavy atom. The molecule has 2 amide bonds. The molecule has 0 atom stereocenters. The molecule has 0 aliphatic carbocycles. The highest BCUT2D eigenvalue weighted by Crippen LogP contribution is 2.30. The van der Waals surface area contributed by atoms with Crippen molar-refractivity contribution in [1.82, 2.24) is 14.8 Å². The molecule has 5 nitrogen and oxygen atoms in total. The molecule has 1 rings (SSSR count). The Morgan fingerprint density at radius 1 is 1.23 bits per heavy atom. The van der Waals surface area contributed by atoms with Crippen LogP contribution in [0.5, 0.6) is 0 Å². The summed E-state index contributed by atoms with van der Waals surface area (Å²) in [5, 5.41) is 0.948. The van der Waals surface area contributed by atoms with Crippen LogP contribution < -0.4 is 0 Å². The summed E-state index contributed by atoms with van der Waals surface area (Å²) >= 11 is 1.44. The normalized spacial score (nSPS) is 11.4. The third-order valence-corrected chi connectivity index (χ3v) is 4.81. The number of carbonyl (C=O) groups excluding carboxylic acids is 2. The third-order valence-electron chi connectivity index (χ3n) is 3.24. The lowest BCUT2D eigenvalue weighted by molar-refractivity contribution is -0.129.